The highest BCUT2D eigenvalue weighted by Gasteiger charge is 2.22. The average Bonchev–Trinajstić information content (AvgIpc) is 3.40. The van der Waals surface area contributed by atoms with Crippen molar-refractivity contribution in [3.63, 3.8) is 0 Å². The molecule has 0 aliphatic carbocycles. The molecule has 9 nitrogen and oxygen atoms in total. The quantitative estimate of drug-likeness (QED) is 0.454. The van der Waals surface area contributed by atoms with E-state index < -0.39 is 10.0 Å². The van der Waals surface area contributed by atoms with Gasteiger partial charge in [0.05, 0.1) is 21.7 Å². The second kappa shape index (κ2) is 8.36. The van der Waals surface area contributed by atoms with Crippen molar-refractivity contribution in [2.24, 2.45) is 0 Å². The summed E-state index contributed by atoms with van der Waals surface area (Å²) >= 11 is 0. The molecule has 3 aromatic rings. The summed E-state index contributed by atoms with van der Waals surface area (Å²) in [5.41, 5.74) is 2.46. The standard InChI is InChI=1S/C22H21N5O4S/c1-13-2-8-18(21-20(13)15(10-23)11-24-21)27-32(30,31)17-6-3-14(4-7-17)22(29)25-12-16-5-9-19(28)26-16/h2-4,6-8,11,16,24,27H,5,9,12H2,1H3,(H,25,29)(H,26,28)/t16-/m0/s1. The minimum atomic E-state index is -3.92. The van der Waals surface area contributed by atoms with E-state index in [-0.39, 0.29) is 22.8 Å². The number of nitriles is 1. The number of carbonyl (C=O) groups is 2. The molecule has 0 spiro atoms. The van der Waals surface area contributed by atoms with Gasteiger partial charge in [0.25, 0.3) is 15.9 Å². The van der Waals surface area contributed by atoms with Crippen molar-refractivity contribution < 1.29 is 18.0 Å². The predicted molar refractivity (Wildman–Crippen MR) is 118 cm³/mol. The summed E-state index contributed by atoms with van der Waals surface area (Å²) in [5, 5.41) is 15.5. The third kappa shape index (κ3) is 4.15. The van der Waals surface area contributed by atoms with Crippen molar-refractivity contribution in [2.75, 3.05) is 11.3 Å². The van der Waals surface area contributed by atoms with Crippen molar-refractivity contribution in [1.29, 1.82) is 5.26 Å². The van der Waals surface area contributed by atoms with Crippen molar-refractivity contribution in [3.05, 3.63) is 59.3 Å². The molecule has 1 saturated heterocycles. The number of benzene rings is 2. The molecular weight excluding hydrogens is 430 g/mol. The Morgan fingerprint density at radius 2 is 1.97 bits per heavy atom. The molecule has 1 aliphatic rings. The number of aromatic nitrogens is 1. The fourth-order valence-corrected chi connectivity index (χ4v) is 4.80. The second-order valence-electron chi connectivity index (χ2n) is 7.64. The van der Waals surface area contributed by atoms with Gasteiger partial charge in [-0.3, -0.25) is 14.3 Å². The van der Waals surface area contributed by atoms with Gasteiger partial charge in [-0.2, -0.15) is 5.26 Å². The van der Waals surface area contributed by atoms with E-state index in [2.05, 4.69) is 26.4 Å². The Kier molecular flexibility index (Phi) is 5.59. The maximum Gasteiger partial charge on any atom is 0.261 e. The zero-order chi connectivity index (χ0) is 22.9. The number of H-pyrrole nitrogens is 1. The molecule has 4 rings (SSSR count). The molecule has 2 aromatic carbocycles. The molecule has 1 atom stereocenters. The van der Waals surface area contributed by atoms with Crippen LogP contribution in [0.25, 0.3) is 10.9 Å². The van der Waals surface area contributed by atoms with Gasteiger partial charge in [-0.1, -0.05) is 6.07 Å². The van der Waals surface area contributed by atoms with Gasteiger partial charge in [0.1, 0.15) is 6.07 Å². The van der Waals surface area contributed by atoms with E-state index in [1.807, 2.05) is 6.92 Å². The van der Waals surface area contributed by atoms with Crippen molar-refractivity contribution in [1.82, 2.24) is 15.6 Å². The number of aryl methyl sites for hydroxylation is 1. The van der Waals surface area contributed by atoms with E-state index in [1.165, 1.54) is 24.3 Å². The van der Waals surface area contributed by atoms with E-state index in [1.54, 1.807) is 18.3 Å². The Balaban J connectivity index is 1.49. The first-order chi connectivity index (χ1) is 15.3. The zero-order valence-corrected chi connectivity index (χ0v) is 18.0. The molecule has 0 bridgehead atoms. The average molecular weight is 452 g/mol. The zero-order valence-electron chi connectivity index (χ0n) is 17.2. The van der Waals surface area contributed by atoms with Crippen molar-refractivity contribution in [2.45, 2.75) is 30.7 Å². The first-order valence-corrected chi connectivity index (χ1v) is 11.5. The van der Waals surface area contributed by atoms with E-state index in [4.69, 9.17) is 0 Å². The van der Waals surface area contributed by atoms with Crippen molar-refractivity contribution >= 4 is 38.4 Å². The summed E-state index contributed by atoms with van der Waals surface area (Å²) in [6.45, 7) is 2.16. The number of nitrogens with one attached hydrogen (secondary N) is 4. The number of hydrogen-bond donors (Lipinski definition) is 4. The molecule has 1 aromatic heterocycles. The summed E-state index contributed by atoms with van der Waals surface area (Å²) in [6.07, 6.45) is 2.67. The van der Waals surface area contributed by atoms with Gasteiger partial charge in [0, 0.05) is 36.2 Å². The van der Waals surface area contributed by atoms with Crippen LogP contribution in [-0.2, 0) is 14.8 Å². The Labute approximate surface area is 184 Å². The molecule has 164 valence electrons. The van der Waals surface area contributed by atoms with Crippen LogP contribution < -0.4 is 15.4 Å². The lowest BCUT2D eigenvalue weighted by atomic mass is 10.1. The third-order valence-electron chi connectivity index (χ3n) is 5.43. The SMILES string of the molecule is Cc1ccc(NS(=O)(=O)c2ccc(C(=O)NC[C@@H]3CCC(=O)N3)cc2)c2[nH]cc(C#N)c12. The van der Waals surface area contributed by atoms with Crippen LogP contribution in [0.15, 0.2) is 47.5 Å². The van der Waals surface area contributed by atoms with E-state index in [9.17, 15) is 23.3 Å². The number of sulfonamides is 1. The van der Waals surface area contributed by atoms with Gasteiger partial charge < -0.3 is 15.6 Å². The van der Waals surface area contributed by atoms with Gasteiger partial charge in [-0.05, 0) is 49.2 Å². The van der Waals surface area contributed by atoms with Gasteiger partial charge >= 0.3 is 0 Å². The summed E-state index contributed by atoms with van der Waals surface area (Å²) in [5.74, 6) is -0.376. The normalized spacial score (nSPS) is 15.9. The van der Waals surface area contributed by atoms with Crippen LogP contribution in [-0.4, -0.2) is 37.8 Å². The van der Waals surface area contributed by atoms with E-state index >= 15 is 0 Å². The molecule has 0 radical (unpaired) electrons. The molecule has 32 heavy (non-hydrogen) atoms. The topological polar surface area (TPSA) is 144 Å². The van der Waals surface area contributed by atoms with Crippen LogP contribution in [0.5, 0.6) is 0 Å². The van der Waals surface area contributed by atoms with E-state index in [0.29, 0.717) is 47.1 Å². The maximum absolute atomic E-state index is 12.9. The number of nitrogens with zero attached hydrogens (tertiary/aromatic N) is 1. The summed E-state index contributed by atoms with van der Waals surface area (Å²) in [7, 11) is -3.92. The largest absolute Gasteiger partial charge is 0.358 e. The highest BCUT2D eigenvalue weighted by molar-refractivity contribution is 7.92. The van der Waals surface area contributed by atoms with Gasteiger partial charge in [-0.25, -0.2) is 8.42 Å². The third-order valence-corrected chi connectivity index (χ3v) is 6.81. The van der Waals surface area contributed by atoms with Gasteiger partial charge in [-0.15, -0.1) is 0 Å². The Bertz CT molecular complexity index is 1350. The van der Waals surface area contributed by atoms with E-state index in [0.717, 1.165) is 5.56 Å². The highest BCUT2D eigenvalue weighted by atomic mass is 32.2. The number of fused-ring (bicyclic) bond motifs is 1. The Morgan fingerprint density at radius 1 is 1.22 bits per heavy atom. The molecule has 2 heterocycles. The molecule has 4 N–H and O–H groups in total. The molecule has 2 amide bonds. The summed E-state index contributed by atoms with van der Waals surface area (Å²) in [6, 6.07) is 11.0. The first kappa shape index (κ1) is 21.4. The number of carbonyl (C=O) groups excluding carboxylic acids is 2. The number of hydrogen-bond acceptors (Lipinski definition) is 5. The second-order valence-corrected chi connectivity index (χ2v) is 9.32. The van der Waals surface area contributed by atoms with Crippen LogP contribution in [0.3, 0.4) is 0 Å². The molecular formula is C22H21N5O4S. The van der Waals surface area contributed by atoms with Crippen LogP contribution in [0.2, 0.25) is 0 Å². The number of aromatic amines is 1. The number of anilines is 1. The fourth-order valence-electron chi connectivity index (χ4n) is 3.73. The number of amides is 2. The van der Waals surface area contributed by atoms with Crippen molar-refractivity contribution in [3.8, 4) is 6.07 Å². The lowest BCUT2D eigenvalue weighted by Gasteiger charge is -2.12. The highest BCUT2D eigenvalue weighted by Crippen LogP contribution is 2.30. The number of rotatable bonds is 6. The lowest BCUT2D eigenvalue weighted by molar-refractivity contribution is -0.119. The van der Waals surface area contributed by atoms with Crippen LogP contribution in [0, 0.1) is 18.3 Å². The maximum atomic E-state index is 12.9. The van der Waals surface area contributed by atoms with Crippen LogP contribution in [0.4, 0.5) is 5.69 Å². The van der Waals surface area contributed by atoms with Gasteiger partial charge in [0.15, 0.2) is 0 Å². The molecule has 1 fully saturated rings. The molecule has 0 saturated carbocycles. The minimum absolute atomic E-state index is 0.00195. The van der Waals surface area contributed by atoms with Crippen LogP contribution >= 0.6 is 0 Å². The molecule has 1 aliphatic heterocycles. The first-order valence-electron chi connectivity index (χ1n) is 10.00. The summed E-state index contributed by atoms with van der Waals surface area (Å²) in [4.78, 5) is 26.5. The molecule has 10 heteroatoms. The fraction of sp³-hybridized carbons (Fsp3) is 0.227. The van der Waals surface area contributed by atoms with Gasteiger partial charge in [0.2, 0.25) is 5.91 Å². The van der Waals surface area contributed by atoms with Crippen LogP contribution in [0.1, 0.15) is 34.3 Å². The monoisotopic (exact) mass is 451 g/mol. The molecule has 0 unspecified atom stereocenters. The Morgan fingerprint density at radius 3 is 2.62 bits per heavy atom. The smallest absolute Gasteiger partial charge is 0.261 e. The minimum Gasteiger partial charge on any atom is -0.358 e. The predicted octanol–water partition coefficient (Wildman–Crippen LogP) is 2.16. The summed E-state index contributed by atoms with van der Waals surface area (Å²) < 4.78 is 28.3. The Hall–Kier alpha value is -3.84. The lowest BCUT2D eigenvalue weighted by Crippen LogP contribution is -2.38.